The highest BCUT2D eigenvalue weighted by Gasteiger charge is 2.35. The standard InChI is InChI=1S/C17H20N2O2S/c20-17(14-8-5-11-21-14)19-10-4-3-7-13(19)16-18-12-6-1-2-9-15(12)22-16/h1-2,6,9,13-14H,3-5,7-8,10-11H2/t13-,14+/m0/s1. The van der Waals surface area contributed by atoms with Gasteiger partial charge in [-0.3, -0.25) is 4.79 Å². The lowest BCUT2D eigenvalue weighted by molar-refractivity contribution is -0.145. The Morgan fingerprint density at radius 2 is 2.14 bits per heavy atom. The molecule has 0 unspecified atom stereocenters. The predicted octanol–water partition coefficient (Wildman–Crippen LogP) is 3.53. The highest BCUT2D eigenvalue weighted by atomic mass is 32.1. The molecule has 0 spiro atoms. The smallest absolute Gasteiger partial charge is 0.252 e. The second-order valence-electron chi connectivity index (χ2n) is 6.06. The minimum Gasteiger partial charge on any atom is -0.368 e. The summed E-state index contributed by atoms with van der Waals surface area (Å²) in [6.07, 6.45) is 4.89. The first-order valence-electron chi connectivity index (χ1n) is 8.10. The van der Waals surface area contributed by atoms with Crippen LogP contribution in [-0.4, -0.2) is 35.0 Å². The van der Waals surface area contributed by atoms with Gasteiger partial charge >= 0.3 is 0 Å². The van der Waals surface area contributed by atoms with Crippen LogP contribution in [0.1, 0.15) is 43.2 Å². The largest absolute Gasteiger partial charge is 0.368 e. The summed E-state index contributed by atoms with van der Waals surface area (Å²) in [5.74, 6) is 0.168. The molecule has 1 aromatic carbocycles. The van der Waals surface area contributed by atoms with Crippen molar-refractivity contribution < 1.29 is 9.53 Å². The average molecular weight is 316 g/mol. The third-order valence-corrected chi connectivity index (χ3v) is 5.72. The van der Waals surface area contributed by atoms with Crippen molar-refractivity contribution in [2.75, 3.05) is 13.2 Å². The molecular weight excluding hydrogens is 296 g/mol. The first-order chi connectivity index (χ1) is 10.8. The number of aromatic nitrogens is 1. The van der Waals surface area contributed by atoms with E-state index in [-0.39, 0.29) is 18.1 Å². The molecule has 2 atom stereocenters. The van der Waals surface area contributed by atoms with Gasteiger partial charge in [0, 0.05) is 13.2 Å². The van der Waals surface area contributed by atoms with Crippen LogP contribution in [-0.2, 0) is 9.53 Å². The Kier molecular flexibility index (Phi) is 3.84. The summed E-state index contributed by atoms with van der Waals surface area (Å²) >= 11 is 1.72. The Labute approximate surface area is 134 Å². The Morgan fingerprint density at radius 3 is 2.95 bits per heavy atom. The number of ether oxygens (including phenoxy) is 1. The first kappa shape index (κ1) is 14.2. The third-order valence-electron chi connectivity index (χ3n) is 4.59. The predicted molar refractivity (Wildman–Crippen MR) is 86.9 cm³/mol. The van der Waals surface area contributed by atoms with E-state index in [0.29, 0.717) is 0 Å². The minimum atomic E-state index is -0.227. The number of nitrogens with zero attached hydrogens (tertiary/aromatic N) is 2. The molecule has 1 amide bonds. The maximum absolute atomic E-state index is 12.8. The number of carbonyl (C=O) groups is 1. The molecule has 2 aliphatic heterocycles. The number of hydrogen-bond donors (Lipinski definition) is 0. The summed E-state index contributed by atoms with van der Waals surface area (Å²) in [6.45, 7) is 1.55. The number of benzene rings is 1. The molecule has 5 heteroatoms. The van der Waals surface area contributed by atoms with Crippen molar-refractivity contribution in [1.82, 2.24) is 9.88 Å². The molecular formula is C17H20N2O2S. The SMILES string of the molecule is O=C([C@H]1CCCO1)N1CCCC[C@H]1c1nc2ccccc2s1. The topological polar surface area (TPSA) is 42.4 Å². The molecule has 2 saturated heterocycles. The van der Waals surface area contributed by atoms with Crippen LogP contribution in [0.2, 0.25) is 0 Å². The molecule has 0 saturated carbocycles. The fraction of sp³-hybridized carbons (Fsp3) is 0.529. The van der Waals surface area contributed by atoms with Gasteiger partial charge in [0.2, 0.25) is 0 Å². The number of likely N-dealkylation sites (tertiary alicyclic amines) is 1. The molecule has 2 fully saturated rings. The fourth-order valence-corrected chi connectivity index (χ4v) is 4.56. The van der Waals surface area contributed by atoms with Crippen molar-refractivity contribution in [2.45, 2.75) is 44.2 Å². The Bertz CT molecular complexity index is 645. The summed E-state index contributed by atoms with van der Waals surface area (Å²) in [4.78, 5) is 19.6. The second kappa shape index (κ2) is 5.97. The van der Waals surface area contributed by atoms with Crippen molar-refractivity contribution in [3.8, 4) is 0 Å². The number of amides is 1. The van der Waals surface area contributed by atoms with Crippen molar-refractivity contribution >= 4 is 27.5 Å². The lowest BCUT2D eigenvalue weighted by atomic mass is 10.0. The molecule has 4 rings (SSSR count). The van der Waals surface area contributed by atoms with Crippen molar-refractivity contribution in [3.05, 3.63) is 29.3 Å². The van der Waals surface area contributed by atoms with Crippen LogP contribution in [0.15, 0.2) is 24.3 Å². The highest BCUT2D eigenvalue weighted by molar-refractivity contribution is 7.18. The zero-order valence-corrected chi connectivity index (χ0v) is 13.3. The van der Waals surface area contributed by atoms with Gasteiger partial charge in [0.25, 0.3) is 5.91 Å². The molecule has 3 heterocycles. The highest BCUT2D eigenvalue weighted by Crippen LogP contribution is 2.36. The van der Waals surface area contributed by atoms with E-state index in [2.05, 4.69) is 6.07 Å². The number of thiazole rings is 1. The van der Waals surface area contributed by atoms with Gasteiger partial charge in [0.15, 0.2) is 0 Å². The fourth-order valence-electron chi connectivity index (χ4n) is 3.44. The summed E-state index contributed by atoms with van der Waals surface area (Å²) in [7, 11) is 0. The molecule has 0 bridgehead atoms. The number of fused-ring (bicyclic) bond motifs is 1. The molecule has 22 heavy (non-hydrogen) atoms. The number of rotatable bonds is 2. The van der Waals surface area contributed by atoms with Gasteiger partial charge in [0.1, 0.15) is 11.1 Å². The first-order valence-corrected chi connectivity index (χ1v) is 8.92. The molecule has 0 radical (unpaired) electrons. The van der Waals surface area contributed by atoms with Gasteiger partial charge in [-0.2, -0.15) is 0 Å². The number of para-hydroxylation sites is 1. The lowest BCUT2D eigenvalue weighted by Gasteiger charge is -2.35. The van der Waals surface area contributed by atoms with Crippen LogP contribution >= 0.6 is 11.3 Å². The van der Waals surface area contributed by atoms with Crippen molar-refractivity contribution in [1.29, 1.82) is 0 Å². The van der Waals surface area contributed by atoms with Crippen LogP contribution in [0.4, 0.5) is 0 Å². The molecule has 0 N–H and O–H groups in total. The Balaban J connectivity index is 1.63. The van der Waals surface area contributed by atoms with Gasteiger partial charge < -0.3 is 9.64 Å². The quantitative estimate of drug-likeness (QED) is 0.851. The van der Waals surface area contributed by atoms with Crippen LogP contribution in [0, 0.1) is 0 Å². The van der Waals surface area contributed by atoms with E-state index in [1.165, 1.54) is 4.70 Å². The molecule has 1 aromatic heterocycles. The van der Waals surface area contributed by atoms with Crippen LogP contribution < -0.4 is 0 Å². The summed E-state index contributed by atoms with van der Waals surface area (Å²) < 4.78 is 6.80. The van der Waals surface area contributed by atoms with E-state index in [1.807, 2.05) is 23.1 Å². The van der Waals surface area contributed by atoms with Crippen LogP contribution in [0.5, 0.6) is 0 Å². The van der Waals surface area contributed by atoms with Gasteiger partial charge in [-0.05, 0) is 44.2 Å². The second-order valence-corrected chi connectivity index (χ2v) is 7.13. The molecule has 2 aromatic rings. The van der Waals surface area contributed by atoms with E-state index in [4.69, 9.17) is 9.72 Å². The van der Waals surface area contributed by atoms with Gasteiger partial charge in [-0.1, -0.05) is 12.1 Å². The van der Waals surface area contributed by atoms with E-state index >= 15 is 0 Å². The number of piperidine rings is 1. The Hall–Kier alpha value is -1.46. The van der Waals surface area contributed by atoms with Crippen molar-refractivity contribution in [2.24, 2.45) is 0 Å². The van der Waals surface area contributed by atoms with E-state index in [0.717, 1.165) is 55.8 Å². The van der Waals surface area contributed by atoms with Crippen LogP contribution in [0.25, 0.3) is 10.2 Å². The minimum absolute atomic E-state index is 0.128. The van der Waals surface area contributed by atoms with E-state index < -0.39 is 0 Å². The maximum Gasteiger partial charge on any atom is 0.252 e. The Morgan fingerprint density at radius 1 is 1.23 bits per heavy atom. The number of carbonyl (C=O) groups excluding carboxylic acids is 1. The van der Waals surface area contributed by atoms with E-state index in [9.17, 15) is 4.79 Å². The monoisotopic (exact) mass is 316 g/mol. The van der Waals surface area contributed by atoms with Crippen molar-refractivity contribution in [3.63, 3.8) is 0 Å². The van der Waals surface area contributed by atoms with Gasteiger partial charge in [-0.15, -0.1) is 11.3 Å². The third kappa shape index (κ3) is 2.52. The average Bonchev–Trinajstić information content (AvgIpc) is 3.23. The maximum atomic E-state index is 12.8. The summed E-state index contributed by atoms with van der Waals surface area (Å²) in [5.41, 5.74) is 1.04. The summed E-state index contributed by atoms with van der Waals surface area (Å²) in [5, 5.41) is 1.08. The molecule has 116 valence electrons. The normalized spacial score (nSPS) is 25.7. The van der Waals surface area contributed by atoms with Crippen LogP contribution in [0.3, 0.4) is 0 Å². The van der Waals surface area contributed by atoms with Gasteiger partial charge in [-0.25, -0.2) is 4.98 Å². The molecule has 2 aliphatic rings. The zero-order chi connectivity index (χ0) is 14.9. The zero-order valence-electron chi connectivity index (χ0n) is 12.5. The summed E-state index contributed by atoms with van der Waals surface area (Å²) in [6, 6.07) is 8.33. The number of hydrogen-bond acceptors (Lipinski definition) is 4. The van der Waals surface area contributed by atoms with E-state index in [1.54, 1.807) is 11.3 Å². The molecule has 4 nitrogen and oxygen atoms in total. The van der Waals surface area contributed by atoms with Gasteiger partial charge in [0.05, 0.1) is 16.3 Å². The molecule has 0 aliphatic carbocycles. The lowest BCUT2D eigenvalue weighted by Crippen LogP contribution is -2.43.